The smallest absolute Gasteiger partial charge is 0.253 e. The van der Waals surface area contributed by atoms with Crippen LogP contribution in [-0.4, -0.2) is 5.24 Å². The standard InChI is InChI=1S/C8H5BrCl2O/c1-4-2-5(8(11)12)7(9)6(10)3-4/h2-3H,1H3. The van der Waals surface area contributed by atoms with Gasteiger partial charge in [0, 0.05) is 10.0 Å². The van der Waals surface area contributed by atoms with Gasteiger partial charge in [-0.3, -0.25) is 4.79 Å². The predicted molar refractivity (Wildman–Crippen MR) is 54.1 cm³/mol. The SMILES string of the molecule is Cc1cc(Cl)c(Br)c(C(=O)Cl)c1. The van der Waals surface area contributed by atoms with Crippen molar-refractivity contribution in [2.45, 2.75) is 6.92 Å². The molecule has 4 heteroatoms. The van der Waals surface area contributed by atoms with Crippen LogP contribution in [0.25, 0.3) is 0 Å². The number of hydrogen-bond acceptors (Lipinski definition) is 1. The maximum absolute atomic E-state index is 10.8. The second-order valence-corrected chi connectivity index (χ2v) is 3.93. The van der Waals surface area contributed by atoms with Crippen molar-refractivity contribution in [2.24, 2.45) is 0 Å². The van der Waals surface area contributed by atoms with E-state index in [1.165, 1.54) is 0 Å². The molecular formula is C8H5BrCl2O. The van der Waals surface area contributed by atoms with Crippen LogP contribution in [0.1, 0.15) is 15.9 Å². The number of halogens is 3. The Hall–Kier alpha value is -0.0500. The summed E-state index contributed by atoms with van der Waals surface area (Å²) in [5.41, 5.74) is 1.31. The van der Waals surface area contributed by atoms with Crippen LogP contribution >= 0.6 is 39.1 Å². The summed E-state index contributed by atoms with van der Waals surface area (Å²) in [7, 11) is 0. The molecule has 1 aromatic carbocycles. The third kappa shape index (κ3) is 2.00. The molecule has 0 radical (unpaired) electrons. The Bertz CT molecular complexity index is 336. The Morgan fingerprint density at radius 1 is 1.50 bits per heavy atom. The molecule has 1 nitrogen and oxygen atoms in total. The van der Waals surface area contributed by atoms with E-state index in [1.807, 2.05) is 6.92 Å². The van der Waals surface area contributed by atoms with E-state index in [9.17, 15) is 4.79 Å². The first-order valence-corrected chi connectivity index (χ1v) is 4.72. The molecule has 0 aliphatic heterocycles. The average molecular weight is 268 g/mol. The van der Waals surface area contributed by atoms with Gasteiger partial charge in [-0.05, 0) is 52.2 Å². The van der Waals surface area contributed by atoms with Crippen LogP contribution in [0, 0.1) is 6.92 Å². The van der Waals surface area contributed by atoms with Crippen LogP contribution < -0.4 is 0 Å². The molecule has 12 heavy (non-hydrogen) atoms. The lowest BCUT2D eigenvalue weighted by Gasteiger charge is -2.02. The highest BCUT2D eigenvalue weighted by atomic mass is 79.9. The summed E-state index contributed by atoms with van der Waals surface area (Å²) < 4.78 is 0.551. The monoisotopic (exact) mass is 266 g/mol. The lowest BCUT2D eigenvalue weighted by molar-refractivity contribution is 0.108. The highest BCUT2D eigenvalue weighted by Gasteiger charge is 2.10. The Kier molecular flexibility index (Phi) is 3.16. The molecule has 1 rings (SSSR count). The van der Waals surface area contributed by atoms with Gasteiger partial charge in [-0.2, -0.15) is 0 Å². The van der Waals surface area contributed by atoms with Crippen LogP contribution in [0.3, 0.4) is 0 Å². The molecule has 0 aliphatic carbocycles. The molecule has 0 bridgehead atoms. The molecule has 0 spiro atoms. The van der Waals surface area contributed by atoms with Gasteiger partial charge in [-0.25, -0.2) is 0 Å². The number of rotatable bonds is 1. The molecule has 64 valence electrons. The van der Waals surface area contributed by atoms with Crippen molar-refractivity contribution in [1.29, 1.82) is 0 Å². The fourth-order valence-corrected chi connectivity index (χ4v) is 1.81. The van der Waals surface area contributed by atoms with Gasteiger partial charge in [0.05, 0.1) is 5.02 Å². The summed E-state index contributed by atoms with van der Waals surface area (Å²) in [6.45, 7) is 1.85. The quantitative estimate of drug-likeness (QED) is 0.708. The fraction of sp³-hybridized carbons (Fsp3) is 0.125. The molecule has 0 heterocycles. The van der Waals surface area contributed by atoms with Crippen molar-refractivity contribution < 1.29 is 4.79 Å². The highest BCUT2D eigenvalue weighted by molar-refractivity contribution is 9.10. The summed E-state index contributed by atoms with van der Waals surface area (Å²) in [5, 5.41) is -0.00789. The molecular weight excluding hydrogens is 263 g/mol. The Morgan fingerprint density at radius 2 is 2.08 bits per heavy atom. The zero-order valence-electron chi connectivity index (χ0n) is 6.20. The molecule has 0 unspecified atom stereocenters. The number of aryl methyl sites for hydroxylation is 1. The zero-order chi connectivity index (χ0) is 9.30. The summed E-state index contributed by atoms with van der Waals surface area (Å²) in [4.78, 5) is 10.8. The summed E-state index contributed by atoms with van der Waals surface area (Å²) in [5.74, 6) is 0. The van der Waals surface area contributed by atoms with E-state index in [0.29, 0.717) is 15.1 Å². The van der Waals surface area contributed by atoms with Gasteiger partial charge in [0.15, 0.2) is 0 Å². The van der Waals surface area contributed by atoms with Crippen LogP contribution in [0.2, 0.25) is 5.02 Å². The Labute approximate surface area is 88.8 Å². The normalized spacial score (nSPS) is 10.0. The number of hydrogen-bond donors (Lipinski definition) is 0. The second-order valence-electron chi connectivity index (χ2n) is 2.38. The minimum absolute atomic E-state index is 0.404. The molecule has 0 saturated carbocycles. The van der Waals surface area contributed by atoms with Crippen molar-refractivity contribution >= 4 is 44.4 Å². The second kappa shape index (κ2) is 3.77. The first-order valence-electron chi connectivity index (χ1n) is 3.18. The summed E-state index contributed by atoms with van der Waals surface area (Å²) >= 11 is 14.3. The van der Waals surface area contributed by atoms with Gasteiger partial charge in [0.1, 0.15) is 0 Å². The Morgan fingerprint density at radius 3 is 2.58 bits per heavy atom. The molecule has 1 aromatic rings. The molecule has 0 aromatic heterocycles. The minimum Gasteiger partial charge on any atom is -0.276 e. The third-order valence-electron chi connectivity index (χ3n) is 1.38. The van der Waals surface area contributed by atoms with Gasteiger partial charge >= 0.3 is 0 Å². The van der Waals surface area contributed by atoms with E-state index in [2.05, 4.69) is 15.9 Å². The first kappa shape index (κ1) is 10.0. The van der Waals surface area contributed by atoms with E-state index in [-0.39, 0.29) is 0 Å². The van der Waals surface area contributed by atoms with Gasteiger partial charge < -0.3 is 0 Å². The molecule has 0 saturated heterocycles. The lowest BCUT2D eigenvalue weighted by atomic mass is 10.1. The maximum atomic E-state index is 10.8. The molecule has 0 aliphatic rings. The first-order chi connectivity index (χ1) is 5.52. The number of carbonyl (C=O) groups excluding carboxylic acids is 1. The van der Waals surface area contributed by atoms with E-state index < -0.39 is 5.24 Å². The molecule has 0 atom stereocenters. The van der Waals surface area contributed by atoms with E-state index in [4.69, 9.17) is 23.2 Å². The summed E-state index contributed by atoms with van der Waals surface area (Å²) in [6, 6.07) is 3.44. The molecule has 0 fully saturated rings. The van der Waals surface area contributed by atoms with Gasteiger partial charge in [-0.15, -0.1) is 0 Å². The third-order valence-corrected chi connectivity index (χ3v) is 2.97. The van der Waals surface area contributed by atoms with E-state index >= 15 is 0 Å². The van der Waals surface area contributed by atoms with E-state index in [0.717, 1.165) is 5.56 Å². The lowest BCUT2D eigenvalue weighted by Crippen LogP contribution is -1.92. The minimum atomic E-state index is -0.507. The van der Waals surface area contributed by atoms with Crippen LogP contribution in [0.15, 0.2) is 16.6 Å². The molecule has 0 N–H and O–H groups in total. The van der Waals surface area contributed by atoms with Crippen molar-refractivity contribution in [3.8, 4) is 0 Å². The highest BCUT2D eigenvalue weighted by Crippen LogP contribution is 2.28. The van der Waals surface area contributed by atoms with Gasteiger partial charge in [0.25, 0.3) is 5.24 Å². The van der Waals surface area contributed by atoms with Crippen LogP contribution in [0.5, 0.6) is 0 Å². The topological polar surface area (TPSA) is 17.1 Å². The van der Waals surface area contributed by atoms with Crippen molar-refractivity contribution in [3.05, 3.63) is 32.8 Å². The van der Waals surface area contributed by atoms with Gasteiger partial charge in [0.2, 0.25) is 0 Å². The number of benzene rings is 1. The maximum Gasteiger partial charge on any atom is 0.253 e. The zero-order valence-corrected chi connectivity index (χ0v) is 9.29. The fourth-order valence-electron chi connectivity index (χ4n) is 0.868. The Balaban J connectivity index is 3.37. The van der Waals surface area contributed by atoms with Crippen LogP contribution in [-0.2, 0) is 0 Å². The summed E-state index contributed by atoms with van der Waals surface area (Å²) in [6.07, 6.45) is 0. The van der Waals surface area contributed by atoms with Crippen LogP contribution in [0.4, 0.5) is 0 Å². The van der Waals surface area contributed by atoms with Crippen molar-refractivity contribution in [3.63, 3.8) is 0 Å². The predicted octanol–water partition coefficient (Wildman–Crippen LogP) is 3.79. The van der Waals surface area contributed by atoms with Crippen molar-refractivity contribution in [2.75, 3.05) is 0 Å². The van der Waals surface area contributed by atoms with Gasteiger partial charge in [-0.1, -0.05) is 11.6 Å². The average Bonchev–Trinajstić information content (AvgIpc) is 1.96. The number of carbonyl (C=O) groups is 1. The molecule has 0 amide bonds. The van der Waals surface area contributed by atoms with Crippen molar-refractivity contribution in [1.82, 2.24) is 0 Å². The largest absolute Gasteiger partial charge is 0.276 e. The van der Waals surface area contributed by atoms with E-state index in [1.54, 1.807) is 12.1 Å².